The molecule has 0 radical (unpaired) electrons. The zero-order chi connectivity index (χ0) is 21.2. The van der Waals surface area contributed by atoms with Gasteiger partial charge in [0.2, 0.25) is 5.91 Å². The van der Waals surface area contributed by atoms with E-state index in [-0.39, 0.29) is 24.2 Å². The molecule has 0 atom stereocenters. The molecule has 2 N–H and O–H groups in total. The quantitative estimate of drug-likeness (QED) is 0.557. The standard InChI is InChI=1S/C26H28N2O2/c1-20-9-8-14-23(19-20)26(30)28-18-16-25(29)27-17-15-24(21-10-4-2-5-11-21)22-12-6-3-7-13-22/h2-14,19,24H,15-18H2,1H3,(H,27,29)(H,28,30). The fraction of sp³-hybridized carbons (Fsp3) is 0.231. The molecule has 30 heavy (non-hydrogen) atoms. The fourth-order valence-electron chi connectivity index (χ4n) is 3.52. The average Bonchev–Trinajstić information content (AvgIpc) is 2.78. The largest absolute Gasteiger partial charge is 0.356 e. The first kappa shape index (κ1) is 21.3. The van der Waals surface area contributed by atoms with Crippen LogP contribution in [-0.2, 0) is 4.79 Å². The maximum Gasteiger partial charge on any atom is 0.251 e. The Kier molecular flexibility index (Phi) is 7.78. The van der Waals surface area contributed by atoms with Crippen LogP contribution in [0.1, 0.15) is 45.8 Å². The van der Waals surface area contributed by atoms with Gasteiger partial charge < -0.3 is 10.6 Å². The van der Waals surface area contributed by atoms with Crippen LogP contribution < -0.4 is 10.6 Å². The topological polar surface area (TPSA) is 58.2 Å². The Morgan fingerprint density at radius 1 is 0.767 bits per heavy atom. The van der Waals surface area contributed by atoms with Crippen molar-refractivity contribution in [2.45, 2.75) is 25.7 Å². The highest BCUT2D eigenvalue weighted by atomic mass is 16.2. The summed E-state index contributed by atoms with van der Waals surface area (Å²) in [5.41, 5.74) is 4.13. The van der Waals surface area contributed by atoms with Crippen molar-refractivity contribution < 1.29 is 9.59 Å². The van der Waals surface area contributed by atoms with Crippen LogP contribution in [0.3, 0.4) is 0 Å². The number of rotatable bonds is 9. The molecule has 4 nitrogen and oxygen atoms in total. The Labute approximate surface area is 178 Å². The molecule has 0 unspecified atom stereocenters. The lowest BCUT2D eigenvalue weighted by molar-refractivity contribution is -0.120. The van der Waals surface area contributed by atoms with Crippen molar-refractivity contribution in [1.29, 1.82) is 0 Å². The zero-order valence-electron chi connectivity index (χ0n) is 17.3. The summed E-state index contributed by atoms with van der Waals surface area (Å²) in [5.74, 6) is 0.0212. The molecule has 154 valence electrons. The van der Waals surface area contributed by atoms with Gasteiger partial charge in [-0.25, -0.2) is 0 Å². The molecular formula is C26H28N2O2. The molecule has 0 fully saturated rings. The van der Waals surface area contributed by atoms with Gasteiger partial charge in [0, 0.05) is 31.0 Å². The smallest absolute Gasteiger partial charge is 0.251 e. The van der Waals surface area contributed by atoms with Crippen molar-refractivity contribution in [3.63, 3.8) is 0 Å². The van der Waals surface area contributed by atoms with E-state index in [4.69, 9.17) is 0 Å². The fourth-order valence-corrected chi connectivity index (χ4v) is 3.52. The molecule has 0 bridgehead atoms. The van der Waals surface area contributed by atoms with Crippen molar-refractivity contribution in [2.24, 2.45) is 0 Å². The molecule has 3 aromatic carbocycles. The SMILES string of the molecule is Cc1cccc(C(=O)NCCC(=O)NCCC(c2ccccc2)c2ccccc2)c1. The van der Waals surface area contributed by atoms with Gasteiger partial charge in [-0.15, -0.1) is 0 Å². The first-order chi connectivity index (χ1) is 14.6. The lowest BCUT2D eigenvalue weighted by Gasteiger charge is -2.18. The van der Waals surface area contributed by atoms with Gasteiger partial charge in [-0.2, -0.15) is 0 Å². The first-order valence-corrected chi connectivity index (χ1v) is 10.3. The van der Waals surface area contributed by atoms with Crippen molar-refractivity contribution in [1.82, 2.24) is 10.6 Å². The molecule has 0 aliphatic carbocycles. The van der Waals surface area contributed by atoms with Gasteiger partial charge in [0.05, 0.1) is 0 Å². The minimum absolute atomic E-state index is 0.0561. The number of aryl methyl sites for hydroxylation is 1. The Morgan fingerprint density at radius 2 is 1.40 bits per heavy atom. The number of nitrogens with one attached hydrogen (secondary N) is 2. The van der Waals surface area contributed by atoms with Crippen LogP contribution in [0.25, 0.3) is 0 Å². The van der Waals surface area contributed by atoms with E-state index in [1.807, 2.05) is 61.5 Å². The number of carbonyl (C=O) groups is 2. The molecule has 0 spiro atoms. The molecular weight excluding hydrogens is 372 g/mol. The van der Waals surface area contributed by atoms with Crippen LogP contribution in [0.2, 0.25) is 0 Å². The number of hydrogen-bond donors (Lipinski definition) is 2. The summed E-state index contributed by atoms with van der Waals surface area (Å²) in [5, 5.41) is 5.79. The third kappa shape index (κ3) is 6.31. The van der Waals surface area contributed by atoms with E-state index in [1.165, 1.54) is 11.1 Å². The monoisotopic (exact) mass is 400 g/mol. The summed E-state index contributed by atoms with van der Waals surface area (Å²) in [6, 6.07) is 28.1. The highest BCUT2D eigenvalue weighted by Gasteiger charge is 2.14. The highest BCUT2D eigenvalue weighted by Crippen LogP contribution is 2.27. The lowest BCUT2D eigenvalue weighted by atomic mass is 9.88. The second kappa shape index (κ2) is 11.0. The van der Waals surface area contributed by atoms with E-state index in [0.29, 0.717) is 18.7 Å². The lowest BCUT2D eigenvalue weighted by Crippen LogP contribution is -2.31. The second-order valence-corrected chi connectivity index (χ2v) is 7.39. The summed E-state index contributed by atoms with van der Waals surface area (Å²) in [7, 11) is 0. The van der Waals surface area contributed by atoms with Crippen LogP contribution in [0.4, 0.5) is 0 Å². The number of hydrogen-bond acceptors (Lipinski definition) is 2. The summed E-state index contributed by atoms with van der Waals surface area (Å²) in [4.78, 5) is 24.4. The Hall–Kier alpha value is -3.40. The normalized spacial score (nSPS) is 10.6. The molecule has 0 aliphatic rings. The van der Waals surface area contributed by atoms with E-state index >= 15 is 0 Å². The third-order valence-corrected chi connectivity index (χ3v) is 5.08. The number of benzene rings is 3. The first-order valence-electron chi connectivity index (χ1n) is 10.3. The van der Waals surface area contributed by atoms with Crippen LogP contribution in [0.15, 0.2) is 84.9 Å². The molecule has 0 saturated carbocycles. The Bertz CT molecular complexity index is 916. The van der Waals surface area contributed by atoms with Gasteiger partial charge in [0.15, 0.2) is 0 Å². The Morgan fingerprint density at radius 3 is 2.00 bits per heavy atom. The van der Waals surface area contributed by atoms with E-state index in [1.54, 1.807) is 6.07 Å². The molecule has 0 heterocycles. The predicted molar refractivity (Wildman–Crippen MR) is 120 cm³/mol. The van der Waals surface area contributed by atoms with Gasteiger partial charge in [0.25, 0.3) is 5.91 Å². The summed E-state index contributed by atoms with van der Waals surface area (Å²) in [6.45, 7) is 2.85. The molecule has 0 aromatic heterocycles. The van der Waals surface area contributed by atoms with Gasteiger partial charge in [-0.3, -0.25) is 9.59 Å². The maximum atomic E-state index is 12.2. The van der Waals surface area contributed by atoms with Crippen LogP contribution >= 0.6 is 0 Å². The zero-order valence-corrected chi connectivity index (χ0v) is 17.3. The average molecular weight is 401 g/mol. The van der Waals surface area contributed by atoms with Crippen LogP contribution in [-0.4, -0.2) is 24.9 Å². The van der Waals surface area contributed by atoms with E-state index in [2.05, 4.69) is 34.9 Å². The molecule has 0 saturated heterocycles. The molecule has 0 aliphatic heterocycles. The van der Waals surface area contributed by atoms with Crippen LogP contribution in [0.5, 0.6) is 0 Å². The van der Waals surface area contributed by atoms with E-state index in [9.17, 15) is 9.59 Å². The van der Waals surface area contributed by atoms with Crippen LogP contribution in [0, 0.1) is 6.92 Å². The minimum atomic E-state index is -0.153. The van der Waals surface area contributed by atoms with Crippen molar-refractivity contribution >= 4 is 11.8 Å². The molecule has 4 heteroatoms. The number of amides is 2. The predicted octanol–water partition coefficient (Wildman–Crippen LogP) is 4.45. The van der Waals surface area contributed by atoms with E-state index in [0.717, 1.165) is 12.0 Å². The van der Waals surface area contributed by atoms with Gasteiger partial charge in [0.1, 0.15) is 0 Å². The van der Waals surface area contributed by atoms with Crippen molar-refractivity contribution in [3.05, 3.63) is 107 Å². The summed E-state index contributed by atoms with van der Waals surface area (Å²) < 4.78 is 0. The number of carbonyl (C=O) groups excluding carboxylic acids is 2. The summed E-state index contributed by atoms with van der Waals surface area (Å²) in [6.07, 6.45) is 1.08. The van der Waals surface area contributed by atoms with Gasteiger partial charge >= 0.3 is 0 Å². The maximum absolute atomic E-state index is 12.2. The minimum Gasteiger partial charge on any atom is -0.356 e. The highest BCUT2D eigenvalue weighted by molar-refractivity contribution is 5.94. The third-order valence-electron chi connectivity index (χ3n) is 5.08. The summed E-state index contributed by atoms with van der Waals surface area (Å²) >= 11 is 0. The second-order valence-electron chi connectivity index (χ2n) is 7.39. The van der Waals surface area contributed by atoms with Crippen molar-refractivity contribution in [2.75, 3.05) is 13.1 Å². The molecule has 3 aromatic rings. The Balaban J connectivity index is 1.46. The van der Waals surface area contributed by atoms with Gasteiger partial charge in [-0.1, -0.05) is 78.4 Å². The van der Waals surface area contributed by atoms with Crippen molar-refractivity contribution in [3.8, 4) is 0 Å². The van der Waals surface area contributed by atoms with E-state index < -0.39 is 0 Å². The van der Waals surface area contributed by atoms with Gasteiger partial charge in [-0.05, 0) is 36.6 Å². The molecule has 3 rings (SSSR count). The molecule has 2 amide bonds.